The van der Waals surface area contributed by atoms with Crippen molar-refractivity contribution in [3.05, 3.63) is 88.0 Å². The van der Waals surface area contributed by atoms with Crippen LogP contribution in [0.15, 0.2) is 71.3 Å². The van der Waals surface area contributed by atoms with Gasteiger partial charge in [-0.25, -0.2) is 4.79 Å². The smallest absolute Gasteiger partial charge is 0.338 e. The SMILES string of the molecule is CCOC(=O)C1=C(C)OC(N)=C(C#N)C1c1cc(Cc2ccccc2)ccc1O. The predicted molar refractivity (Wildman–Crippen MR) is 107 cm³/mol. The van der Waals surface area contributed by atoms with E-state index in [0.29, 0.717) is 12.0 Å². The summed E-state index contributed by atoms with van der Waals surface area (Å²) in [7, 11) is 0. The number of carbonyl (C=O) groups excluding carboxylic acids is 1. The summed E-state index contributed by atoms with van der Waals surface area (Å²) in [5.74, 6) is -1.36. The summed E-state index contributed by atoms with van der Waals surface area (Å²) >= 11 is 0. The van der Waals surface area contributed by atoms with Crippen LogP contribution in [0.3, 0.4) is 0 Å². The molecule has 3 rings (SSSR count). The predicted octanol–water partition coefficient (Wildman–Crippen LogP) is 3.63. The summed E-state index contributed by atoms with van der Waals surface area (Å²) in [5, 5.41) is 20.3. The van der Waals surface area contributed by atoms with Crippen LogP contribution in [0.2, 0.25) is 0 Å². The van der Waals surface area contributed by atoms with E-state index in [4.69, 9.17) is 15.2 Å². The molecule has 3 N–H and O–H groups in total. The van der Waals surface area contributed by atoms with Crippen LogP contribution in [-0.2, 0) is 20.7 Å². The number of rotatable bonds is 5. The van der Waals surface area contributed by atoms with E-state index < -0.39 is 11.9 Å². The summed E-state index contributed by atoms with van der Waals surface area (Å²) in [6, 6.07) is 17.1. The van der Waals surface area contributed by atoms with E-state index in [1.54, 1.807) is 26.0 Å². The number of phenols is 1. The second-order valence-corrected chi connectivity index (χ2v) is 6.67. The number of nitrogens with zero attached hydrogens (tertiary/aromatic N) is 1. The third-order valence-electron chi connectivity index (χ3n) is 4.75. The molecule has 2 aromatic carbocycles. The number of phenolic OH excluding ortho intramolecular Hbond substituents is 1. The fraction of sp³-hybridized carbons (Fsp3) is 0.217. The summed E-state index contributed by atoms with van der Waals surface area (Å²) in [6.45, 7) is 3.45. The second-order valence-electron chi connectivity index (χ2n) is 6.67. The zero-order valence-electron chi connectivity index (χ0n) is 16.3. The largest absolute Gasteiger partial charge is 0.508 e. The first-order valence-electron chi connectivity index (χ1n) is 9.27. The number of hydrogen-bond acceptors (Lipinski definition) is 6. The lowest BCUT2D eigenvalue weighted by Crippen LogP contribution is -2.25. The zero-order valence-corrected chi connectivity index (χ0v) is 16.3. The van der Waals surface area contributed by atoms with Gasteiger partial charge in [0.15, 0.2) is 0 Å². The molecule has 0 aromatic heterocycles. The molecule has 1 heterocycles. The van der Waals surface area contributed by atoms with Gasteiger partial charge in [-0.05, 0) is 37.5 Å². The van der Waals surface area contributed by atoms with Crippen LogP contribution in [-0.4, -0.2) is 17.7 Å². The Hall–Kier alpha value is -3.72. The maximum Gasteiger partial charge on any atom is 0.338 e. The lowest BCUT2D eigenvalue weighted by Gasteiger charge is -2.27. The lowest BCUT2D eigenvalue weighted by atomic mass is 9.81. The third-order valence-corrected chi connectivity index (χ3v) is 4.75. The highest BCUT2D eigenvalue weighted by atomic mass is 16.5. The minimum absolute atomic E-state index is 0.0381. The van der Waals surface area contributed by atoms with E-state index in [1.807, 2.05) is 42.5 Å². The number of nitrogens with two attached hydrogens (primary N) is 1. The second kappa shape index (κ2) is 8.53. The van der Waals surface area contributed by atoms with Gasteiger partial charge in [-0.15, -0.1) is 0 Å². The number of carbonyl (C=O) groups is 1. The van der Waals surface area contributed by atoms with Crippen LogP contribution < -0.4 is 5.73 Å². The van der Waals surface area contributed by atoms with Gasteiger partial charge in [-0.1, -0.05) is 42.5 Å². The topological polar surface area (TPSA) is 106 Å². The van der Waals surface area contributed by atoms with Gasteiger partial charge >= 0.3 is 5.97 Å². The summed E-state index contributed by atoms with van der Waals surface area (Å²) in [6.07, 6.45) is 0.635. The Balaban J connectivity index is 2.11. The van der Waals surface area contributed by atoms with E-state index in [9.17, 15) is 15.2 Å². The van der Waals surface area contributed by atoms with E-state index in [1.165, 1.54) is 0 Å². The van der Waals surface area contributed by atoms with Gasteiger partial charge in [0, 0.05) is 5.56 Å². The Kier molecular flexibility index (Phi) is 5.89. The number of ether oxygens (including phenoxy) is 2. The van der Waals surface area contributed by atoms with Gasteiger partial charge in [-0.2, -0.15) is 5.26 Å². The minimum Gasteiger partial charge on any atom is -0.508 e. The van der Waals surface area contributed by atoms with Gasteiger partial charge in [0.05, 0.1) is 18.1 Å². The van der Waals surface area contributed by atoms with Gasteiger partial charge in [0.25, 0.3) is 0 Å². The molecule has 2 aromatic rings. The van der Waals surface area contributed by atoms with Crippen LogP contribution in [0.4, 0.5) is 0 Å². The molecule has 0 amide bonds. The Morgan fingerprint density at radius 1 is 1.24 bits per heavy atom. The fourth-order valence-electron chi connectivity index (χ4n) is 3.44. The monoisotopic (exact) mass is 390 g/mol. The first-order valence-corrected chi connectivity index (χ1v) is 9.27. The number of nitriles is 1. The molecule has 1 aliphatic heterocycles. The van der Waals surface area contributed by atoms with Crippen molar-refractivity contribution in [3.63, 3.8) is 0 Å². The molecule has 0 aliphatic carbocycles. The molecule has 0 saturated heterocycles. The van der Waals surface area contributed by atoms with Crippen molar-refractivity contribution < 1.29 is 19.4 Å². The molecule has 0 bridgehead atoms. The molecule has 6 heteroatoms. The van der Waals surface area contributed by atoms with Crippen molar-refractivity contribution in [3.8, 4) is 11.8 Å². The van der Waals surface area contributed by atoms with E-state index >= 15 is 0 Å². The van der Waals surface area contributed by atoms with Gasteiger partial charge < -0.3 is 20.3 Å². The molecule has 1 atom stereocenters. The van der Waals surface area contributed by atoms with E-state index in [2.05, 4.69) is 0 Å². The molecule has 6 nitrogen and oxygen atoms in total. The molecule has 0 saturated carbocycles. The van der Waals surface area contributed by atoms with Crippen molar-refractivity contribution in [1.29, 1.82) is 5.26 Å². The number of esters is 1. The maximum atomic E-state index is 12.6. The fourth-order valence-corrected chi connectivity index (χ4v) is 3.44. The molecule has 1 aliphatic rings. The molecule has 0 radical (unpaired) electrons. The summed E-state index contributed by atoms with van der Waals surface area (Å²) in [5.41, 5.74) is 8.57. The van der Waals surface area contributed by atoms with Crippen LogP contribution >= 0.6 is 0 Å². The van der Waals surface area contributed by atoms with Crippen molar-refractivity contribution in [2.45, 2.75) is 26.2 Å². The maximum absolute atomic E-state index is 12.6. The Morgan fingerprint density at radius 3 is 2.62 bits per heavy atom. The minimum atomic E-state index is -0.872. The number of allylic oxidation sites excluding steroid dienone is 2. The van der Waals surface area contributed by atoms with Gasteiger partial charge in [-0.3, -0.25) is 0 Å². The Labute approximate surface area is 169 Å². The number of hydrogen-bond donors (Lipinski definition) is 2. The quantitative estimate of drug-likeness (QED) is 0.755. The Morgan fingerprint density at radius 2 is 1.97 bits per heavy atom. The third kappa shape index (κ3) is 4.09. The first-order chi connectivity index (χ1) is 14.0. The number of aromatic hydroxyl groups is 1. The standard InChI is InChI=1S/C23H22N2O4/c1-3-28-23(27)20-14(2)29-22(25)18(13-24)21(20)17-12-16(9-10-19(17)26)11-15-7-5-4-6-8-15/h4-10,12,21,26H,3,11,25H2,1-2H3. The van der Waals surface area contributed by atoms with Crippen LogP contribution in [0.5, 0.6) is 5.75 Å². The molecule has 1 unspecified atom stereocenters. The van der Waals surface area contributed by atoms with Crippen molar-refractivity contribution >= 4 is 5.97 Å². The van der Waals surface area contributed by atoms with Crippen LogP contribution in [0, 0.1) is 11.3 Å². The van der Waals surface area contributed by atoms with Crippen molar-refractivity contribution in [2.24, 2.45) is 5.73 Å². The zero-order chi connectivity index (χ0) is 21.0. The lowest BCUT2D eigenvalue weighted by molar-refractivity contribution is -0.139. The Bertz CT molecular complexity index is 1030. The van der Waals surface area contributed by atoms with E-state index in [0.717, 1.165) is 11.1 Å². The van der Waals surface area contributed by atoms with Crippen molar-refractivity contribution in [1.82, 2.24) is 0 Å². The van der Waals surface area contributed by atoms with Gasteiger partial charge in [0.2, 0.25) is 5.88 Å². The highest BCUT2D eigenvalue weighted by Gasteiger charge is 2.37. The highest BCUT2D eigenvalue weighted by molar-refractivity contribution is 5.92. The average molecular weight is 390 g/mol. The normalized spacial score (nSPS) is 16.2. The average Bonchev–Trinajstić information content (AvgIpc) is 2.70. The van der Waals surface area contributed by atoms with Gasteiger partial charge in [0.1, 0.15) is 23.2 Å². The summed E-state index contributed by atoms with van der Waals surface area (Å²) < 4.78 is 10.6. The molecule has 0 fully saturated rings. The van der Waals surface area contributed by atoms with Crippen molar-refractivity contribution in [2.75, 3.05) is 6.61 Å². The molecule has 0 spiro atoms. The first kappa shape index (κ1) is 20.0. The highest BCUT2D eigenvalue weighted by Crippen LogP contribution is 2.43. The van der Waals surface area contributed by atoms with Crippen LogP contribution in [0.25, 0.3) is 0 Å². The number of benzene rings is 2. The van der Waals surface area contributed by atoms with E-state index in [-0.39, 0.29) is 35.1 Å². The molecular formula is C23H22N2O4. The summed E-state index contributed by atoms with van der Waals surface area (Å²) in [4.78, 5) is 12.6. The van der Waals surface area contributed by atoms with Crippen LogP contribution in [0.1, 0.15) is 36.5 Å². The molecule has 148 valence electrons. The molecular weight excluding hydrogens is 368 g/mol. The molecule has 29 heavy (non-hydrogen) atoms.